The highest BCUT2D eigenvalue weighted by molar-refractivity contribution is 8.01. The van der Waals surface area contributed by atoms with Crippen LogP contribution >= 0.6 is 23.1 Å². The molecule has 0 radical (unpaired) electrons. The fraction of sp³-hybridized carbons (Fsp3) is 0.250. The number of hydrogen-bond donors (Lipinski definition) is 2. The molecule has 2 N–H and O–H groups in total. The highest BCUT2D eigenvalue weighted by Gasteiger charge is 2.17. The molecule has 0 fully saturated rings. The minimum Gasteiger partial charge on any atom is -0.296 e. The second-order valence-electron chi connectivity index (χ2n) is 6.94. The minimum atomic E-state index is -3.71. The molecule has 0 aliphatic rings. The number of aromatic nitrogens is 2. The third-order valence-electron chi connectivity index (χ3n) is 4.03. The second-order valence-corrected chi connectivity index (χ2v) is 11.4. The van der Waals surface area contributed by atoms with Gasteiger partial charge in [-0.3, -0.25) is 14.8 Å². The molecule has 0 unspecified atom stereocenters. The van der Waals surface area contributed by atoms with E-state index in [4.69, 9.17) is 0 Å². The van der Waals surface area contributed by atoms with Crippen LogP contribution in [0.15, 0.2) is 51.7 Å². The number of nitrogens with zero attached hydrogens (tertiary/aromatic N) is 2. The predicted octanol–water partition coefficient (Wildman–Crippen LogP) is 4.71. The molecule has 0 atom stereocenters. The Labute approximate surface area is 184 Å². The SMILES string of the molecule is Cc1ccc(S(=O)(=O)Nc2ccc(C(=O)Nc3nnc(SC(C)C)s3)cc2C)cc1. The van der Waals surface area contributed by atoms with E-state index in [0.717, 1.165) is 9.90 Å². The Morgan fingerprint density at radius 3 is 2.40 bits per heavy atom. The van der Waals surface area contributed by atoms with E-state index in [2.05, 4.69) is 34.1 Å². The van der Waals surface area contributed by atoms with Gasteiger partial charge < -0.3 is 0 Å². The lowest BCUT2D eigenvalue weighted by Gasteiger charge is -2.12. The summed E-state index contributed by atoms with van der Waals surface area (Å²) in [6.07, 6.45) is 0. The van der Waals surface area contributed by atoms with Crippen molar-refractivity contribution in [3.05, 3.63) is 59.2 Å². The molecule has 0 saturated carbocycles. The van der Waals surface area contributed by atoms with E-state index < -0.39 is 10.0 Å². The molecular formula is C20H22N4O3S3. The van der Waals surface area contributed by atoms with Gasteiger partial charge in [-0.1, -0.05) is 54.6 Å². The minimum absolute atomic E-state index is 0.181. The summed E-state index contributed by atoms with van der Waals surface area (Å²) < 4.78 is 28.6. The number of thioether (sulfide) groups is 1. The van der Waals surface area contributed by atoms with Crippen molar-refractivity contribution in [1.82, 2.24) is 10.2 Å². The van der Waals surface area contributed by atoms with E-state index in [1.165, 1.54) is 11.3 Å². The molecule has 1 aromatic heterocycles. The van der Waals surface area contributed by atoms with E-state index in [0.29, 0.717) is 27.2 Å². The summed E-state index contributed by atoms with van der Waals surface area (Å²) in [6, 6.07) is 11.4. The van der Waals surface area contributed by atoms with Gasteiger partial charge in [0, 0.05) is 10.8 Å². The smallest absolute Gasteiger partial charge is 0.261 e. The molecule has 1 amide bonds. The average molecular weight is 463 g/mol. The van der Waals surface area contributed by atoms with Crippen molar-refractivity contribution in [3.8, 4) is 0 Å². The zero-order valence-electron chi connectivity index (χ0n) is 17.0. The molecule has 0 aliphatic heterocycles. The predicted molar refractivity (Wildman–Crippen MR) is 122 cm³/mol. The normalized spacial score (nSPS) is 11.5. The molecule has 3 aromatic rings. The molecule has 10 heteroatoms. The zero-order valence-corrected chi connectivity index (χ0v) is 19.4. The van der Waals surface area contributed by atoms with Gasteiger partial charge in [-0.25, -0.2) is 8.42 Å². The highest BCUT2D eigenvalue weighted by atomic mass is 32.2. The molecule has 3 rings (SSSR count). The Bertz CT molecular complexity index is 1160. The first kappa shape index (κ1) is 22.3. The fourth-order valence-corrected chi connectivity index (χ4v) is 5.62. The van der Waals surface area contributed by atoms with Crippen LogP contribution in [0.1, 0.15) is 35.3 Å². The average Bonchev–Trinajstić information content (AvgIpc) is 3.09. The van der Waals surface area contributed by atoms with Crippen LogP contribution < -0.4 is 10.0 Å². The van der Waals surface area contributed by atoms with Crippen molar-refractivity contribution in [1.29, 1.82) is 0 Å². The van der Waals surface area contributed by atoms with Crippen molar-refractivity contribution < 1.29 is 13.2 Å². The van der Waals surface area contributed by atoms with Gasteiger partial charge in [0.05, 0.1) is 10.6 Å². The largest absolute Gasteiger partial charge is 0.296 e. The Morgan fingerprint density at radius 2 is 1.77 bits per heavy atom. The van der Waals surface area contributed by atoms with Gasteiger partial charge in [-0.2, -0.15) is 0 Å². The van der Waals surface area contributed by atoms with Gasteiger partial charge in [0.1, 0.15) is 0 Å². The maximum Gasteiger partial charge on any atom is 0.261 e. The summed E-state index contributed by atoms with van der Waals surface area (Å²) in [5.41, 5.74) is 2.43. The van der Waals surface area contributed by atoms with Gasteiger partial charge in [0.15, 0.2) is 4.34 Å². The van der Waals surface area contributed by atoms with Gasteiger partial charge in [-0.15, -0.1) is 10.2 Å². The highest BCUT2D eigenvalue weighted by Crippen LogP contribution is 2.29. The molecule has 0 spiro atoms. The van der Waals surface area contributed by atoms with Crippen molar-refractivity contribution in [2.75, 3.05) is 10.0 Å². The molecule has 2 aromatic carbocycles. The van der Waals surface area contributed by atoms with Crippen LogP contribution in [-0.4, -0.2) is 29.8 Å². The molecule has 0 saturated heterocycles. The number of anilines is 2. The van der Waals surface area contributed by atoms with Crippen LogP contribution in [0.5, 0.6) is 0 Å². The van der Waals surface area contributed by atoms with E-state index in [-0.39, 0.29) is 10.8 Å². The fourth-order valence-electron chi connectivity index (χ4n) is 2.52. The van der Waals surface area contributed by atoms with Crippen LogP contribution in [-0.2, 0) is 10.0 Å². The molecule has 158 valence electrons. The molecule has 7 nitrogen and oxygen atoms in total. The van der Waals surface area contributed by atoms with Gasteiger partial charge in [-0.05, 0) is 49.7 Å². The van der Waals surface area contributed by atoms with Crippen molar-refractivity contribution >= 4 is 49.8 Å². The quantitative estimate of drug-likeness (QED) is 0.390. The van der Waals surface area contributed by atoms with E-state index in [1.54, 1.807) is 61.2 Å². The first-order chi connectivity index (χ1) is 14.1. The Morgan fingerprint density at radius 1 is 1.07 bits per heavy atom. The molecule has 0 bridgehead atoms. The van der Waals surface area contributed by atoms with Crippen molar-refractivity contribution in [2.24, 2.45) is 0 Å². The Hall–Kier alpha value is -2.43. The summed E-state index contributed by atoms with van der Waals surface area (Å²) in [4.78, 5) is 12.7. The number of hydrogen-bond acceptors (Lipinski definition) is 7. The van der Waals surface area contributed by atoms with Gasteiger partial charge in [0.25, 0.3) is 15.9 Å². The standard InChI is InChI=1S/C20H22N4O3S3/c1-12(2)28-20-23-22-19(29-20)21-18(25)15-7-10-17(14(4)11-15)24-30(26,27)16-8-5-13(3)6-9-16/h5-12,24H,1-4H3,(H,21,22,25). The molecule has 1 heterocycles. The van der Waals surface area contributed by atoms with Crippen molar-refractivity contribution in [2.45, 2.75) is 42.2 Å². The summed E-state index contributed by atoms with van der Waals surface area (Å²) in [5.74, 6) is -0.330. The first-order valence-electron chi connectivity index (χ1n) is 9.16. The Balaban J connectivity index is 1.72. The van der Waals surface area contributed by atoms with E-state index in [1.807, 2.05) is 6.92 Å². The lowest BCUT2D eigenvalue weighted by molar-refractivity contribution is 0.102. The number of carbonyl (C=O) groups excluding carboxylic acids is 1. The van der Waals surface area contributed by atoms with Gasteiger partial charge >= 0.3 is 0 Å². The number of carbonyl (C=O) groups is 1. The number of rotatable bonds is 7. The van der Waals surface area contributed by atoms with Crippen LogP contribution in [0.2, 0.25) is 0 Å². The topological polar surface area (TPSA) is 101 Å². The summed E-state index contributed by atoms with van der Waals surface area (Å²) in [7, 11) is -3.71. The lowest BCUT2D eigenvalue weighted by Crippen LogP contribution is -2.15. The van der Waals surface area contributed by atoms with E-state index >= 15 is 0 Å². The molecule has 0 aliphatic carbocycles. The summed E-state index contributed by atoms with van der Waals surface area (Å²) in [6.45, 7) is 7.75. The van der Waals surface area contributed by atoms with Crippen LogP contribution in [0, 0.1) is 13.8 Å². The van der Waals surface area contributed by atoms with Crippen LogP contribution in [0.4, 0.5) is 10.8 Å². The number of benzene rings is 2. The Kier molecular flexibility index (Phi) is 6.79. The second kappa shape index (κ2) is 9.15. The monoisotopic (exact) mass is 462 g/mol. The molecular weight excluding hydrogens is 440 g/mol. The first-order valence-corrected chi connectivity index (χ1v) is 12.3. The number of aryl methyl sites for hydroxylation is 2. The summed E-state index contributed by atoms with van der Waals surface area (Å²) >= 11 is 2.89. The van der Waals surface area contributed by atoms with Gasteiger partial charge in [0.2, 0.25) is 5.13 Å². The van der Waals surface area contributed by atoms with Crippen LogP contribution in [0.3, 0.4) is 0 Å². The lowest BCUT2D eigenvalue weighted by atomic mass is 10.1. The molecule has 30 heavy (non-hydrogen) atoms. The van der Waals surface area contributed by atoms with E-state index in [9.17, 15) is 13.2 Å². The third-order valence-corrected chi connectivity index (χ3v) is 7.34. The maximum atomic E-state index is 12.6. The third kappa shape index (κ3) is 5.59. The maximum absolute atomic E-state index is 12.6. The number of nitrogens with one attached hydrogen (secondary N) is 2. The number of amides is 1. The van der Waals surface area contributed by atoms with Crippen LogP contribution in [0.25, 0.3) is 0 Å². The number of sulfonamides is 1. The summed E-state index contributed by atoms with van der Waals surface area (Å²) in [5, 5.41) is 11.6. The van der Waals surface area contributed by atoms with Crippen molar-refractivity contribution in [3.63, 3.8) is 0 Å². The zero-order chi connectivity index (χ0) is 21.9.